The van der Waals surface area contributed by atoms with Crippen molar-refractivity contribution in [1.29, 1.82) is 0 Å². The second-order valence-corrected chi connectivity index (χ2v) is 7.92. The van der Waals surface area contributed by atoms with E-state index >= 15 is 0 Å². The fraction of sp³-hybridized carbons (Fsp3) is 0.217. The lowest BCUT2D eigenvalue weighted by molar-refractivity contribution is 0.528. The van der Waals surface area contributed by atoms with Crippen molar-refractivity contribution in [2.45, 2.75) is 32.2 Å². The molecular formula is C23H20N8O. The molecule has 0 radical (unpaired) electrons. The van der Waals surface area contributed by atoms with E-state index in [-0.39, 0.29) is 11.7 Å². The Morgan fingerprint density at radius 1 is 1.12 bits per heavy atom. The first kappa shape index (κ1) is 18.6. The summed E-state index contributed by atoms with van der Waals surface area (Å²) in [7, 11) is 0. The molecule has 2 aliphatic carbocycles. The number of H-pyrrole nitrogens is 1. The van der Waals surface area contributed by atoms with Crippen molar-refractivity contribution in [3.05, 3.63) is 87.8 Å². The molecule has 0 aliphatic heterocycles. The first-order chi connectivity index (χ1) is 15.8. The smallest absolute Gasteiger partial charge is 0.268 e. The summed E-state index contributed by atoms with van der Waals surface area (Å²) < 4.78 is 3.18. The standard InChI is InChI=1S/C23H20N8O/c1-2-3-8-19-25-20-11-12-24-31(20)23(32)30(19)21-14-9-10-16(18(21)13-14)15-6-4-5-7-17(15)22-26-28-29-27-22/h4-7,9-13,21H,2-3,8H2,1H3,(H,26,27,28,29). The molecule has 3 aromatic heterocycles. The predicted molar refractivity (Wildman–Crippen MR) is 119 cm³/mol. The molecule has 3 heterocycles. The van der Waals surface area contributed by atoms with Crippen LogP contribution in [0.1, 0.15) is 37.2 Å². The highest BCUT2D eigenvalue weighted by molar-refractivity contribution is 5.93. The molecule has 0 amide bonds. The van der Waals surface area contributed by atoms with E-state index in [1.54, 1.807) is 16.8 Å². The lowest BCUT2D eigenvalue weighted by atomic mass is 9.74. The summed E-state index contributed by atoms with van der Waals surface area (Å²) in [6.07, 6.45) is 10.6. The highest BCUT2D eigenvalue weighted by Crippen LogP contribution is 2.49. The third-order valence-corrected chi connectivity index (χ3v) is 6.03. The fourth-order valence-electron chi connectivity index (χ4n) is 4.48. The number of hydrogen-bond donors (Lipinski definition) is 1. The molecule has 1 N–H and O–H groups in total. The first-order valence-electron chi connectivity index (χ1n) is 10.7. The monoisotopic (exact) mass is 424 g/mol. The third kappa shape index (κ3) is 2.71. The van der Waals surface area contributed by atoms with Gasteiger partial charge in [-0.25, -0.2) is 9.78 Å². The molecule has 4 aromatic rings. The number of tetrazole rings is 1. The number of nitrogens with one attached hydrogen (secondary N) is 1. The maximum Gasteiger partial charge on any atom is 0.352 e. The summed E-state index contributed by atoms with van der Waals surface area (Å²) >= 11 is 0. The van der Waals surface area contributed by atoms with Crippen LogP contribution >= 0.6 is 0 Å². The number of aryl methyl sites for hydroxylation is 1. The topological polar surface area (TPSA) is 107 Å². The van der Waals surface area contributed by atoms with E-state index in [4.69, 9.17) is 4.98 Å². The molecule has 2 aliphatic rings. The summed E-state index contributed by atoms with van der Waals surface area (Å²) in [5, 5.41) is 18.8. The summed E-state index contributed by atoms with van der Waals surface area (Å²) in [5.41, 5.74) is 5.51. The van der Waals surface area contributed by atoms with E-state index in [0.29, 0.717) is 11.5 Å². The van der Waals surface area contributed by atoms with Crippen molar-refractivity contribution in [3.8, 4) is 11.4 Å². The number of benzene rings is 1. The zero-order chi connectivity index (χ0) is 21.7. The minimum Gasteiger partial charge on any atom is -0.268 e. The summed E-state index contributed by atoms with van der Waals surface area (Å²) in [6, 6.07) is 9.55. The number of allylic oxidation sites excluding steroid dienone is 6. The fourth-order valence-corrected chi connectivity index (χ4v) is 4.48. The Hall–Kier alpha value is -4.14. The van der Waals surface area contributed by atoms with Gasteiger partial charge in [-0.1, -0.05) is 55.8 Å². The van der Waals surface area contributed by atoms with Gasteiger partial charge in [0, 0.05) is 18.1 Å². The van der Waals surface area contributed by atoms with Crippen LogP contribution < -0.4 is 5.69 Å². The van der Waals surface area contributed by atoms with Gasteiger partial charge in [0.2, 0.25) is 5.82 Å². The maximum atomic E-state index is 13.5. The molecule has 32 heavy (non-hydrogen) atoms. The first-order valence-corrected chi connectivity index (χ1v) is 10.7. The molecule has 1 atom stereocenters. The Morgan fingerprint density at radius 2 is 2.00 bits per heavy atom. The van der Waals surface area contributed by atoms with E-state index in [0.717, 1.165) is 52.9 Å². The number of unbranched alkanes of at least 4 members (excludes halogenated alkanes) is 1. The number of nitrogens with zero attached hydrogens (tertiary/aromatic N) is 7. The van der Waals surface area contributed by atoms with Crippen molar-refractivity contribution in [2.75, 3.05) is 0 Å². The molecular weight excluding hydrogens is 404 g/mol. The van der Waals surface area contributed by atoms with E-state index in [1.807, 2.05) is 24.3 Å². The van der Waals surface area contributed by atoms with Gasteiger partial charge in [-0.15, -0.1) is 10.2 Å². The Morgan fingerprint density at radius 3 is 2.78 bits per heavy atom. The Labute approximate surface area is 182 Å². The molecule has 158 valence electrons. The third-order valence-electron chi connectivity index (χ3n) is 6.03. The SMILES string of the molecule is CCCCc1nc2ccnn2c(=O)n1C1c2ccc(-c3ccccc3-c3nn[nH]n3)c1c2. The van der Waals surface area contributed by atoms with Crippen LogP contribution in [-0.2, 0) is 6.42 Å². The van der Waals surface area contributed by atoms with Gasteiger partial charge in [-0.05, 0) is 33.9 Å². The van der Waals surface area contributed by atoms with Crippen LogP contribution in [-0.4, -0.2) is 39.8 Å². The number of fused-ring (bicyclic) bond motifs is 3. The maximum absolute atomic E-state index is 13.5. The van der Waals surface area contributed by atoms with Crippen LogP contribution in [0.3, 0.4) is 0 Å². The van der Waals surface area contributed by atoms with Gasteiger partial charge in [-0.3, -0.25) is 4.57 Å². The quantitative estimate of drug-likeness (QED) is 0.510. The Kier molecular flexibility index (Phi) is 4.20. The highest BCUT2D eigenvalue weighted by Gasteiger charge is 2.37. The van der Waals surface area contributed by atoms with Crippen molar-refractivity contribution >= 4 is 11.2 Å². The Balaban J connectivity index is 1.47. The van der Waals surface area contributed by atoms with Gasteiger partial charge in [0.25, 0.3) is 0 Å². The van der Waals surface area contributed by atoms with E-state index in [2.05, 4.69) is 50.9 Å². The minimum atomic E-state index is -0.186. The van der Waals surface area contributed by atoms with E-state index in [1.165, 1.54) is 4.52 Å². The molecule has 2 bridgehead atoms. The largest absolute Gasteiger partial charge is 0.352 e. The van der Waals surface area contributed by atoms with Crippen LogP contribution in [0, 0.1) is 0 Å². The zero-order valence-corrected chi connectivity index (χ0v) is 17.4. The van der Waals surface area contributed by atoms with Gasteiger partial charge in [0.05, 0.1) is 12.2 Å². The predicted octanol–water partition coefficient (Wildman–Crippen LogP) is 2.92. The normalized spacial score (nSPS) is 17.0. The summed E-state index contributed by atoms with van der Waals surface area (Å²) in [6.45, 7) is 2.14. The highest BCUT2D eigenvalue weighted by atomic mass is 16.2. The van der Waals surface area contributed by atoms with Crippen LogP contribution in [0.5, 0.6) is 0 Å². The van der Waals surface area contributed by atoms with Gasteiger partial charge in [0.15, 0.2) is 5.65 Å². The number of hydrogen-bond acceptors (Lipinski definition) is 6. The molecule has 0 saturated heterocycles. The number of aromatic amines is 1. The van der Waals surface area contributed by atoms with Gasteiger partial charge in [0.1, 0.15) is 5.82 Å². The Bertz CT molecular complexity index is 1480. The van der Waals surface area contributed by atoms with Crippen molar-refractivity contribution in [3.63, 3.8) is 0 Å². The van der Waals surface area contributed by atoms with Crippen LogP contribution in [0.15, 0.2) is 70.7 Å². The van der Waals surface area contributed by atoms with Crippen LogP contribution in [0.2, 0.25) is 0 Å². The summed E-state index contributed by atoms with van der Waals surface area (Å²) in [5.74, 6) is 1.33. The molecule has 0 spiro atoms. The van der Waals surface area contributed by atoms with E-state index in [9.17, 15) is 4.79 Å². The minimum absolute atomic E-state index is 0.166. The number of rotatable bonds is 6. The van der Waals surface area contributed by atoms with Crippen molar-refractivity contribution in [1.82, 2.24) is 39.8 Å². The molecule has 0 saturated carbocycles. The zero-order valence-electron chi connectivity index (χ0n) is 17.4. The van der Waals surface area contributed by atoms with Gasteiger partial charge >= 0.3 is 5.69 Å². The number of aromatic nitrogens is 8. The molecule has 6 rings (SSSR count). The molecule has 1 aromatic carbocycles. The second-order valence-electron chi connectivity index (χ2n) is 7.92. The molecule has 9 nitrogen and oxygen atoms in total. The van der Waals surface area contributed by atoms with E-state index < -0.39 is 0 Å². The van der Waals surface area contributed by atoms with Crippen LogP contribution in [0.25, 0.3) is 22.6 Å². The second kappa shape index (κ2) is 7.23. The summed E-state index contributed by atoms with van der Waals surface area (Å²) in [4.78, 5) is 18.2. The van der Waals surface area contributed by atoms with Gasteiger partial charge < -0.3 is 0 Å². The average molecular weight is 424 g/mol. The van der Waals surface area contributed by atoms with Crippen LogP contribution in [0.4, 0.5) is 0 Å². The van der Waals surface area contributed by atoms with Gasteiger partial charge in [-0.2, -0.15) is 14.8 Å². The van der Waals surface area contributed by atoms with Crippen molar-refractivity contribution in [2.24, 2.45) is 0 Å². The van der Waals surface area contributed by atoms with Crippen molar-refractivity contribution < 1.29 is 0 Å². The molecule has 1 unspecified atom stereocenters. The molecule has 9 heteroatoms. The average Bonchev–Trinajstić information content (AvgIpc) is 3.52. The lowest BCUT2D eigenvalue weighted by Gasteiger charge is -2.37. The molecule has 0 fully saturated rings. The lowest BCUT2D eigenvalue weighted by Crippen LogP contribution is -2.39.